The van der Waals surface area contributed by atoms with E-state index in [2.05, 4.69) is 31.4 Å². The van der Waals surface area contributed by atoms with Gasteiger partial charge in [-0.25, -0.2) is 0 Å². The molecule has 2 rings (SSSR count). The lowest BCUT2D eigenvalue weighted by atomic mass is 10.3. The molecular weight excluding hydrogens is 310 g/mol. The highest BCUT2D eigenvalue weighted by Crippen LogP contribution is 2.13. The van der Waals surface area contributed by atoms with Crippen molar-refractivity contribution in [1.82, 2.24) is 24.9 Å². The molecule has 0 unspecified atom stereocenters. The Labute approximate surface area is 119 Å². The topological polar surface area (TPSA) is 64.7 Å². The Morgan fingerprint density at radius 3 is 2.89 bits per heavy atom. The third-order valence-corrected chi connectivity index (χ3v) is 3.62. The van der Waals surface area contributed by atoms with Crippen LogP contribution in [0, 0.1) is 6.92 Å². The van der Waals surface area contributed by atoms with Crippen molar-refractivity contribution in [3.63, 3.8) is 0 Å². The van der Waals surface area contributed by atoms with E-state index in [0.29, 0.717) is 19.5 Å². The quantitative estimate of drug-likeness (QED) is 0.903. The fraction of sp³-hybridized carbons (Fsp3) is 0.417. The molecule has 2 aromatic rings. The van der Waals surface area contributed by atoms with Crippen molar-refractivity contribution in [2.24, 2.45) is 7.05 Å². The van der Waals surface area contributed by atoms with Gasteiger partial charge in [-0.05, 0) is 28.9 Å². The van der Waals surface area contributed by atoms with Gasteiger partial charge in [0.25, 0.3) is 0 Å². The molecule has 0 fully saturated rings. The van der Waals surface area contributed by atoms with Gasteiger partial charge < -0.3 is 5.32 Å². The molecule has 0 aliphatic carbocycles. The predicted octanol–water partition coefficient (Wildman–Crippen LogP) is 1.39. The number of carbonyl (C=O) groups excluding carboxylic acids is 1. The lowest BCUT2D eigenvalue weighted by molar-refractivity contribution is -0.121. The van der Waals surface area contributed by atoms with E-state index in [-0.39, 0.29) is 5.91 Å². The van der Waals surface area contributed by atoms with E-state index < -0.39 is 0 Å². The molecule has 0 saturated carbocycles. The highest BCUT2D eigenvalue weighted by molar-refractivity contribution is 9.10. The largest absolute Gasteiger partial charge is 0.350 e. The van der Waals surface area contributed by atoms with Crippen molar-refractivity contribution >= 4 is 21.8 Å². The van der Waals surface area contributed by atoms with Crippen LogP contribution in [0.15, 0.2) is 22.9 Å². The van der Waals surface area contributed by atoms with Crippen LogP contribution in [0.2, 0.25) is 0 Å². The maximum absolute atomic E-state index is 11.7. The fourth-order valence-corrected chi connectivity index (χ4v) is 1.99. The van der Waals surface area contributed by atoms with Crippen molar-refractivity contribution in [2.75, 3.05) is 0 Å². The van der Waals surface area contributed by atoms with Crippen LogP contribution >= 0.6 is 15.9 Å². The summed E-state index contributed by atoms with van der Waals surface area (Å²) in [5.74, 6) is 0.00507. The molecule has 0 spiro atoms. The number of nitrogens with zero attached hydrogens (tertiary/aromatic N) is 4. The van der Waals surface area contributed by atoms with Crippen LogP contribution < -0.4 is 5.32 Å². The van der Waals surface area contributed by atoms with E-state index in [1.54, 1.807) is 15.6 Å². The van der Waals surface area contributed by atoms with Gasteiger partial charge in [-0.2, -0.15) is 10.2 Å². The summed E-state index contributed by atoms with van der Waals surface area (Å²) in [6.07, 6.45) is 4.00. The number of carbonyl (C=O) groups is 1. The fourth-order valence-electron chi connectivity index (χ4n) is 1.68. The van der Waals surface area contributed by atoms with Gasteiger partial charge in [0.05, 0.1) is 22.4 Å². The average molecular weight is 326 g/mol. The van der Waals surface area contributed by atoms with Crippen LogP contribution in [-0.4, -0.2) is 25.5 Å². The number of aryl methyl sites for hydroxylation is 3. The van der Waals surface area contributed by atoms with E-state index >= 15 is 0 Å². The van der Waals surface area contributed by atoms with Gasteiger partial charge in [-0.1, -0.05) is 0 Å². The molecule has 6 nitrogen and oxygen atoms in total. The Balaban J connectivity index is 1.77. The molecule has 2 heterocycles. The maximum Gasteiger partial charge on any atom is 0.222 e. The molecule has 0 saturated heterocycles. The van der Waals surface area contributed by atoms with Crippen molar-refractivity contribution in [3.05, 3.63) is 34.3 Å². The third kappa shape index (κ3) is 3.66. The highest BCUT2D eigenvalue weighted by atomic mass is 79.9. The molecule has 1 N–H and O–H groups in total. The van der Waals surface area contributed by atoms with Gasteiger partial charge in [0.1, 0.15) is 0 Å². The number of rotatable bonds is 5. The first kappa shape index (κ1) is 13.8. The van der Waals surface area contributed by atoms with Gasteiger partial charge >= 0.3 is 0 Å². The second-order valence-corrected chi connectivity index (χ2v) is 5.15. The lowest BCUT2D eigenvalue weighted by Crippen LogP contribution is -2.25. The molecule has 19 heavy (non-hydrogen) atoms. The molecule has 1 amide bonds. The Kier molecular flexibility index (Phi) is 4.36. The highest BCUT2D eigenvalue weighted by Gasteiger charge is 2.06. The lowest BCUT2D eigenvalue weighted by Gasteiger charge is -2.05. The van der Waals surface area contributed by atoms with Crippen LogP contribution in [0.5, 0.6) is 0 Å². The summed E-state index contributed by atoms with van der Waals surface area (Å²) in [6.45, 7) is 2.99. The molecule has 0 aliphatic rings. The Bertz CT molecular complexity index is 555. The van der Waals surface area contributed by atoms with Crippen LogP contribution in [0.1, 0.15) is 17.8 Å². The normalized spacial score (nSPS) is 10.7. The Morgan fingerprint density at radius 2 is 2.32 bits per heavy atom. The summed E-state index contributed by atoms with van der Waals surface area (Å²) in [5.41, 5.74) is 1.90. The van der Waals surface area contributed by atoms with Gasteiger partial charge in [0.15, 0.2) is 0 Å². The molecule has 102 valence electrons. The summed E-state index contributed by atoms with van der Waals surface area (Å²) < 4.78 is 4.47. The Hall–Kier alpha value is -1.63. The molecule has 0 atom stereocenters. The summed E-state index contributed by atoms with van der Waals surface area (Å²) >= 11 is 3.39. The van der Waals surface area contributed by atoms with Crippen molar-refractivity contribution in [3.8, 4) is 0 Å². The summed E-state index contributed by atoms with van der Waals surface area (Å²) in [7, 11) is 1.85. The summed E-state index contributed by atoms with van der Waals surface area (Å²) in [6, 6.07) is 1.88. The SMILES string of the molecule is Cc1nn(CCC(=O)NCc2ccnn2C)cc1Br. The maximum atomic E-state index is 11.7. The first-order chi connectivity index (χ1) is 9.06. The van der Waals surface area contributed by atoms with Gasteiger partial charge in [-0.3, -0.25) is 14.2 Å². The predicted molar refractivity (Wildman–Crippen MR) is 74.3 cm³/mol. The second kappa shape index (κ2) is 6.01. The van der Waals surface area contributed by atoms with E-state index in [4.69, 9.17) is 0 Å². The monoisotopic (exact) mass is 325 g/mol. The average Bonchev–Trinajstić information content (AvgIpc) is 2.91. The number of hydrogen-bond donors (Lipinski definition) is 1. The molecule has 0 aromatic carbocycles. The van der Waals surface area contributed by atoms with E-state index in [9.17, 15) is 4.79 Å². The Morgan fingerprint density at radius 1 is 1.53 bits per heavy atom. The van der Waals surface area contributed by atoms with Crippen LogP contribution in [0.3, 0.4) is 0 Å². The molecule has 0 radical (unpaired) electrons. The van der Waals surface area contributed by atoms with Crippen LogP contribution in [0.4, 0.5) is 0 Å². The summed E-state index contributed by atoms with van der Waals surface area (Å²) in [4.78, 5) is 11.7. The van der Waals surface area contributed by atoms with Gasteiger partial charge in [0, 0.05) is 32.4 Å². The zero-order chi connectivity index (χ0) is 13.8. The molecule has 7 heteroatoms. The van der Waals surface area contributed by atoms with Crippen molar-refractivity contribution in [2.45, 2.75) is 26.4 Å². The van der Waals surface area contributed by atoms with Crippen LogP contribution in [0.25, 0.3) is 0 Å². The molecular formula is C12H16BrN5O. The molecule has 2 aromatic heterocycles. The number of hydrogen-bond acceptors (Lipinski definition) is 3. The van der Waals surface area contributed by atoms with Crippen molar-refractivity contribution < 1.29 is 4.79 Å². The zero-order valence-corrected chi connectivity index (χ0v) is 12.5. The minimum Gasteiger partial charge on any atom is -0.350 e. The summed E-state index contributed by atoms with van der Waals surface area (Å²) in [5, 5.41) is 11.2. The van der Waals surface area contributed by atoms with Gasteiger partial charge in [0.2, 0.25) is 5.91 Å². The third-order valence-electron chi connectivity index (χ3n) is 2.84. The van der Waals surface area contributed by atoms with Gasteiger partial charge in [-0.15, -0.1) is 0 Å². The zero-order valence-electron chi connectivity index (χ0n) is 10.9. The van der Waals surface area contributed by atoms with E-state index in [0.717, 1.165) is 15.9 Å². The van der Waals surface area contributed by atoms with Crippen molar-refractivity contribution in [1.29, 1.82) is 0 Å². The number of halogens is 1. The smallest absolute Gasteiger partial charge is 0.222 e. The minimum atomic E-state index is 0.00507. The second-order valence-electron chi connectivity index (χ2n) is 4.30. The molecule has 0 bridgehead atoms. The first-order valence-corrected chi connectivity index (χ1v) is 6.78. The first-order valence-electron chi connectivity index (χ1n) is 5.99. The minimum absolute atomic E-state index is 0.00507. The van der Waals surface area contributed by atoms with Crippen LogP contribution in [-0.2, 0) is 24.9 Å². The number of nitrogens with one attached hydrogen (secondary N) is 1. The standard InChI is InChI=1S/C12H16BrN5O/c1-9-11(13)8-18(16-9)6-4-12(19)14-7-10-3-5-15-17(10)2/h3,5,8H,4,6-7H2,1-2H3,(H,14,19). The van der Waals surface area contributed by atoms with E-state index in [1.165, 1.54) is 0 Å². The molecule has 0 aliphatic heterocycles. The van der Waals surface area contributed by atoms with E-state index in [1.807, 2.05) is 26.2 Å². The number of amides is 1. The number of aromatic nitrogens is 4.